The summed E-state index contributed by atoms with van der Waals surface area (Å²) in [6.45, 7) is 0. The molecule has 3 rings (SSSR count). The Bertz CT molecular complexity index is 682. The molecule has 0 aliphatic carbocycles. The Kier molecular flexibility index (Phi) is 3.10. The zero-order valence-electron chi connectivity index (χ0n) is 11.3. The zero-order valence-corrected chi connectivity index (χ0v) is 11.3. The number of nitrogen functional groups attached to an aromatic ring is 1. The van der Waals surface area contributed by atoms with Crippen molar-refractivity contribution in [2.45, 2.75) is 12.0 Å². The molecule has 0 spiro atoms. The molecule has 2 aromatic rings. The van der Waals surface area contributed by atoms with Crippen LogP contribution in [-0.4, -0.2) is 11.9 Å². The number of carbonyl (C=O) groups excluding carboxylic acids is 2. The first-order chi connectivity index (χ1) is 10.1. The van der Waals surface area contributed by atoms with E-state index in [-0.39, 0.29) is 5.91 Å². The van der Waals surface area contributed by atoms with Crippen molar-refractivity contribution in [2.24, 2.45) is 0 Å². The maximum absolute atomic E-state index is 12.4. The van der Waals surface area contributed by atoms with Gasteiger partial charge in [0.05, 0.1) is 0 Å². The second-order valence-electron chi connectivity index (χ2n) is 5.10. The van der Waals surface area contributed by atoms with E-state index >= 15 is 0 Å². The summed E-state index contributed by atoms with van der Waals surface area (Å²) in [7, 11) is 0. The van der Waals surface area contributed by atoms with Crippen LogP contribution in [0, 0.1) is 0 Å². The van der Waals surface area contributed by atoms with Crippen LogP contribution in [0.2, 0.25) is 0 Å². The van der Waals surface area contributed by atoms with Crippen LogP contribution >= 0.6 is 0 Å². The average molecular weight is 281 g/mol. The van der Waals surface area contributed by atoms with E-state index in [4.69, 9.17) is 5.73 Å². The maximum atomic E-state index is 12.4. The highest BCUT2D eigenvalue weighted by atomic mass is 16.2. The lowest BCUT2D eigenvalue weighted by Gasteiger charge is -2.26. The lowest BCUT2D eigenvalue weighted by molar-refractivity contribution is -0.124. The molecule has 4 N–H and O–H groups in total. The normalized spacial score (nSPS) is 21.0. The van der Waals surface area contributed by atoms with Gasteiger partial charge in [0.1, 0.15) is 0 Å². The number of hydrogen-bond acceptors (Lipinski definition) is 3. The largest absolute Gasteiger partial charge is 0.399 e. The Morgan fingerprint density at radius 2 is 1.62 bits per heavy atom. The number of hydrogen-bond donors (Lipinski definition) is 3. The Balaban J connectivity index is 2.03. The molecule has 106 valence electrons. The van der Waals surface area contributed by atoms with Crippen molar-refractivity contribution in [3.63, 3.8) is 0 Å². The van der Waals surface area contributed by atoms with Crippen molar-refractivity contribution >= 4 is 17.6 Å². The molecule has 1 saturated heterocycles. The van der Waals surface area contributed by atoms with Gasteiger partial charge in [0.2, 0.25) is 0 Å². The fraction of sp³-hybridized carbons (Fsp3) is 0.125. The van der Waals surface area contributed by atoms with Crippen LogP contribution in [0.3, 0.4) is 0 Å². The number of carbonyl (C=O) groups is 2. The summed E-state index contributed by atoms with van der Waals surface area (Å²) in [5.41, 5.74) is 6.94. The van der Waals surface area contributed by atoms with Crippen LogP contribution in [0.15, 0.2) is 54.6 Å². The lowest BCUT2D eigenvalue weighted by atomic mass is 9.84. The Labute approximate surface area is 122 Å². The molecule has 0 radical (unpaired) electrons. The Morgan fingerprint density at radius 1 is 0.952 bits per heavy atom. The van der Waals surface area contributed by atoms with Gasteiger partial charge in [-0.15, -0.1) is 0 Å². The second-order valence-corrected chi connectivity index (χ2v) is 5.10. The summed E-state index contributed by atoms with van der Waals surface area (Å²) in [6.07, 6.45) is 0.370. The van der Waals surface area contributed by atoms with Gasteiger partial charge in [0.15, 0.2) is 5.54 Å². The summed E-state index contributed by atoms with van der Waals surface area (Å²) in [5, 5.41) is 5.09. The van der Waals surface area contributed by atoms with Gasteiger partial charge in [-0.1, -0.05) is 42.5 Å². The van der Waals surface area contributed by atoms with Crippen molar-refractivity contribution in [1.29, 1.82) is 0 Å². The molecule has 3 amide bonds. The first-order valence-electron chi connectivity index (χ1n) is 6.64. The zero-order chi connectivity index (χ0) is 14.9. The monoisotopic (exact) mass is 281 g/mol. The number of imide groups is 1. The molecule has 1 fully saturated rings. The Hall–Kier alpha value is -2.82. The number of benzene rings is 2. The van der Waals surface area contributed by atoms with Gasteiger partial charge in [-0.2, -0.15) is 0 Å². The van der Waals surface area contributed by atoms with Crippen LogP contribution in [0.4, 0.5) is 10.5 Å². The summed E-state index contributed by atoms with van der Waals surface area (Å²) >= 11 is 0. The third kappa shape index (κ3) is 2.33. The number of nitrogens with two attached hydrogens (primary N) is 1. The first kappa shape index (κ1) is 13.2. The van der Waals surface area contributed by atoms with E-state index in [0.29, 0.717) is 12.1 Å². The number of amides is 3. The molecule has 1 aliphatic heterocycles. The van der Waals surface area contributed by atoms with Crippen molar-refractivity contribution in [3.05, 3.63) is 65.7 Å². The third-order valence-corrected chi connectivity index (χ3v) is 3.66. The van der Waals surface area contributed by atoms with Gasteiger partial charge in [-0.25, -0.2) is 4.79 Å². The molecule has 5 nitrogen and oxygen atoms in total. The molecule has 21 heavy (non-hydrogen) atoms. The van der Waals surface area contributed by atoms with Gasteiger partial charge < -0.3 is 11.1 Å². The standard InChI is InChI=1S/C16H15N3O2/c17-13-8-6-11(7-9-13)10-16(12-4-2-1-3-5-12)14(20)18-15(21)19-16/h1-9H,10,17H2,(H2,18,19,20,21)/t16-/m1/s1. The second kappa shape index (κ2) is 4.94. The highest BCUT2D eigenvalue weighted by Gasteiger charge is 2.47. The predicted octanol–water partition coefficient (Wildman–Crippen LogP) is 1.55. The number of rotatable bonds is 3. The van der Waals surface area contributed by atoms with E-state index in [0.717, 1.165) is 11.1 Å². The summed E-state index contributed by atoms with van der Waals surface area (Å²) in [6, 6.07) is 16.0. The van der Waals surface area contributed by atoms with E-state index in [1.165, 1.54) is 0 Å². The topological polar surface area (TPSA) is 84.2 Å². The van der Waals surface area contributed by atoms with Crippen molar-refractivity contribution in [1.82, 2.24) is 10.6 Å². The quantitative estimate of drug-likeness (QED) is 0.589. The van der Waals surface area contributed by atoms with E-state index in [9.17, 15) is 9.59 Å². The summed E-state index contributed by atoms with van der Waals surface area (Å²) in [5.74, 6) is -0.337. The SMILES string of the molecule is Nc1ccc(C[C@]2(c3ccccc3)NC(=O)NC2=O)cc1. The minimum absolute atomic E-state index is 0.337. The van der Waals surface area contributed by atoms with Crippen LogP contribution in [-0.2, 0) is 16.8 Å². The minimum Gasteiger partial charge on any atom is -0.399 e. The lowest BCUT2D eigenvalue weighted by Crippen LogP contribution is -2.45. The smallest absolute Gasteiger partial charge is 0.322 e. The van der Waals surface area contributed by atoms with Crippen LogP contribution < -0.4 is 16.4 Å². The number of nitrogens with one attached hydrogen (secondary N) is 2. The Morgan fingerprint density at radius 3 is 2.19 bits per heavy atom. The van der Waals surface area contributed by atoms with Crippen molar-refractivity contribution < 1.29 is 9.59 Å². The molecule has 5 heteroatoms. The molecule has 0 bridgehead atoms. The first-order valence-corrected chi connectivity index (χ1v) is 6.64. The molecule has 1 atom stereocenters. The summed E-state index contributed by atoms with van der Waals surface area (Å²) < 4.78 is 0. The summed E-state index contributed by atoms with van der Waals surface area (Å²) in [4.78, 5) is 24.0. The molecular weight excluding hydrogens is 266 g/mol. The highest BCUT2D eigenvalue weighted by molar-refractivity contribution is 6.07. The van der Waals surface area contributed by atoms with E-state index in [1.807, 2.05) is 42.5 Å². The van der Waals surface area contributed by atoms with Crippen LogP contribution in [0.5, 0.6) is 0 Å². The fourth-order valence-electron chi connectivity index (χ4n) is 2.59. The third-order valence-electron chi connectivity index (χ3n) is 3.66. The number of urea groups is 1. The molecular formula is C16H15N3O2. The van der Waals surface area contributed by atoms with Crippen LogP contribution in [0.1, 0.15) is 11.1 Å². The molecule has 1 aliphatic rings. The van der Waals surface area contributed by atoms with Crippen LogP contribution in [0.25, 0.3) is 0 Å². The van der Waals surface area contributed by atoms with Crippen molar-refractivity contribution in [3.8, 4) is 0 Å². The average Bonchev–Trinajstić information content (AvgIpc) is 2.77. The molecule has 1 heterocycles. The van der Waals surface area contributed by atoms with E-state index in [1.54, 1.807) is 12.1 Å². The minimum atomic E-state index is -1.07. The maximum Gasteiger partial charge on any atom is 0.322 e. The van der Waals surface area contributed by atoms with Gasteiger partial charge >= 0.3 is 6.03 Å². The van der Waals surface area contributed by atoms with Gasteiger partial charge in [-0.3, -0.25) is 10.1 Å². The molecule has 0 saturated carbocycles. The molecule has 2 aromatic carbocycles. The molecule has 0 aromatic heterocycles. The van der Waals surface area contributed by atoms with Gasteiger partial charge in [0, 0.05) is 12.1 Å². The fourth-order valence-corrected chi connectivity index (χ4v) is 2.59. The van der Waals surface area contributed by atoms with E-state index < -0.39 is 11.6 Å². The molecule has 0 unspecified atom stereocenters. The predicted molar refractivity (Wildman–Crippen MR) is 79.4 cm³/mol. The van der Waals surface area contributed by atoms with E-state index in [2.05, 4.69) is 10.6 Å². The van der Waals surface area contributed by atoms with Gasteiger partial charge in [0.25, 0.3) is 5.91 Å². The highest BCUT2D eigenvalue weighted by Crippen LogP contribution is 2.29. The van der Waals surface area contributed by atoms with Crippen molar-refractivity contribution in [2.75, 3.05) is 5.73 Å². The van der Waals surface area contributed by atoms with Gasteiger partial charge in [-0.05, 0) is 23.3 Å². The number of anilines is 1.